The molecule has 2 aromatic rings. The van der Waals surface area contributed by atoms with Gasteiger partial charge in [0.2, 0.25) is 0 Å². The second kappa shape index (κ2) is 7.27. The smallest absolute Gasteiger partial charge is 0.332 e. The number of thioether (sulfide) groups is 1. The van der Waals surface area contributed by atoms with Gasteiger partial charge in [0.1, 0.15) is 11.4 Å². The first kappa shape index (κ1) is 18.4. The second-order valence-electron chi connectivity index (χ2n) is 5.41. The van der Waals surface area contributed by atoms with Crippen LogP contribution in [0.2, 0.25) is 5.02 Å². The molecule has 0 aliphatic carbocycles. The molecule has 1 aromatic carbocycles. The average molecular weight is 368 g/mol. The Kier molecular flexibility index (Phi) is 5.56. The van der Waals surface area contributed by atoms with E-state index in [0.29, 0.717) is 10.8 Å². The lowest BCUT2D eigenvalue weighted by Gasteiger charge is -2.14. The third-order valence-electron chi connectivity index (χ3n) is 3.74. The molecule has 0 saturated carbocycles. The van der Waals surface area contributed by atoms with Crippen molar-refractivity contribution in [3.8, 4) is 0 Å². The van der Waals surface area contributed by atoms with Gasteiger partial charge in [0, 0.05) is 24.9 Å². The van der Waals surface area contributed by atoms with Crippen molar-refractivity contribution in [1.29, 1.82) is 0 Å². The highest BCUT2D eigenvalue weighted by Crippen LogP contribution is 2.22. The van der Waals surface area contributed by atoms with Crippen LogP contribution in [0.25, 0.3) is 0 Å². The van der Waals surface area contributed by atoms with Crippen LogP contribution in [-0.2, 0) is 19.8 Å². The molecule has 0 spiro atoms. The number of benzene rings is 1. The Morgan fingerprint density at radius 2 is 1.79 bits per heavy atom. The molecule has 0 aliphatic rings. The molecule has 0 amide bonds. The molecule has 6 nitrogen and oxygen atoms in total. The zero-order chi connectivity index (χ0) is 18.0. The van der Waals surface area contributed by atoms with E-state index in [1.165, 1.54) is 25.9 Å². The number of carbonyl (C=O) groups is 1. The van der Waals surface area contributed by atoms with Gasteiger partial charge >= 0.3 is 5.69 Å². The molecule has 0 saturated heterocycles. The van der Waals surface area contributed by atoms with Gasteiger partial charge in [-0.2, -0.15) is 0 Å². The molecule has 128 valence electrons. The highest BCUT2D eigenvalue weighted by atomic mass is 35.5. The monoisotopic (exact) mass is 367 g/mol. The van der Waals surface area contributed by atoms with Crippen molar-refractivity contribution in [1.82, 2.24) is 9.13 Å². The molecular formula is C16H18ClN3O3S. The summed E-state index contributed by atoms with van der Waals surface area (Å²) in [6.45, 7) is 1.72. The summed E-state index contributed by atoms with van der Waals surface area (Å²) >= 11 is 7.23. The first-order valence-electron chi connectivity index (χ1n) is 7.19. The standard InChI is InChI=1S/C16H18ClN3O3S/c1-9(24-8-10-4-6-11(17)7-5-10)13(21)12-14(18)19(2)16(23)20(3)15(12)22/h4-7,9H,8,18H2,1-3H3. The second-order valence-corrected chi connectivity index (χ2v) is 7.18. The van der Waals surface area contributed by atoms with E-state index in [0.717, 1.165) is 14.7 Å². The Hall–Kier alpha value is -1.99. The number of ketones is 1. The van der Waals surface area contributed by atoms with Gasteiger partial charge in [0.25, 0.3) is 5.56 Å². The van der Waals surface area contributed by atoms with Crippen molar-refractivity contribution in [3.63, 3.8) is 0 Å². The molecule has 1 unspecified atom stereocenters. The molecule has 8 heteroatoms. The maximum absolute atomic E-state index is 12.6. The first-order valence-corrected chi connectivity index (χ1v) is 8.62. The highest BCUT2D eigenvalue weighted by molar-refractivity contribution is 7.99. The first-order chi connectivity index (χ1) is 11.2. The van der Waals surface area contributed by atoms with Crippen molar-refractivity contribution < 1.29 is 4.79 Å². The number of hydrogen-bond donors (Lipinski definition) is 1. The summed E-state index contributed by atoms with van der Waals surface area (Å²) < 4.78 is 1.99. The van der Waals surface area contributed by atoms with Gasteiger partial charge in [-0.15, -0.1) is 11.8 Å². The summed E-state index contributed by atoms with van der Waals surface area (Å²) in [6, 6.07) is 7.33. The Balaban J connectivity index is 2.24. The summed E-state index contributed by atoms with van der Waals surface area (Å²) in [5.74, 6) is 0.102. The number of halogens is 1. The fraction of sp³-hybridized carbons (Fsp3) is 0.312. The summed E-state index contributed by atoms with van der Waals surface area (Å²) in [5, 5.41) is 0.169. The summed E-state index contributed by atoms with van der Waals surface area (Å²) in [4.78, 5) is 36.7. The molecule has 0 bridgehead atoms. The number of hydrogen-bond acceptors (Lipinski definition) is 5. The van der Waals surface area contributed by atoms with Crippen molar-refractivity contribution in [3.05, 3.63) is 61.3 Å². The fourth-order valence-corrected chi connectivity index (χ4v) is 3.20. The summed E-state index contributed by atoms with van der Waals surface area (Å²) in [7, 11) is 2.76. The molecule has 2 N–H and O–H groups in total. The topological polar surface area (TPSA) is 87.1 Å². The van der Waals surface area contributed by atoms with Gasteiger partial charge in [0.15, 0.2) is 5.78 Å². The minimum absolute atomic E-state index is 0.105. The van der Waals surface area contributed by atoms with Crippen LogP contribution in [0.3, 0.4) is 0 Å². The van der Waals surface area contributed by atoms with Gasteiger partial charge in [-0.3, -0.25) is 18.7 Å². The number of carbonyl (C=O) groups excluding carboxylic acids is 1. The normalized spacial score (nSPS) is 12.2. The predicted molar refractivity (Wildman–Crippen MR) is 97.9 cm³/mol. The molecule has 0 fully saturated rings. The Bertz CT molecular complexity index is 887. The molecular weight excluding hydrogens is 350 g/mol. The lowest BCUT2D eigenvalue weighted by atomic mass is 10.1. The average Bonchev–Trinajstić information content (AvgIpc) is 2.57. The maximum atomic E-state index is 12.6. The summed E-state index contributed by atoms with van der Waals surface area (Å²) in [5.41, 5.74) is 5.47. The van der Waals surface area contributed by atoms with Gasteiger partial charge < -0.3 is 5.73 Å². The highest BCUT2D eigenvalue weighted by Gasteiger charge is 2.24. The Morgan fingerprint density at radius 1 is 1.21 bits per heavy atom. The minimum atomic E-state index is -0.667. The minimum Gasteiger partial charge on any atom is -0.384 e. The van der Waals surface area contributed by atoms with E-state index in [2.05, 4.69) is 0 Å². The van der Waals surface area contributed by atoms with Crippen LogP contribution < -0.4 is 17.0 Å². The van der Waals surface area contributed by atoms with E-state index in [9.17, 15) is 14.4 Å². The number of nitrogens with two attached hydrogens (primary N) is 1. The van der Waals surface area contributed by atoms with E-state index in [4.69, 9.17) is 17.3 Å². The molecule has 1 heterocycles. The van der Waals surface area contributed by atoms with Crippen molar-refractivity contribution in [2.24, 2.45) is 14.1 Å². The zero-order valence-electron chi connectivity index (χ0n) is 13.6. The van der Waals surface area contributed by atoms with E-state index < -0.39 is 16.5 Å². The molecule has 0 aliphatic heterocycles. The van der Waals surface area contributed by atoms with Crippen LogP contribution in [-0.4, -0.2) is 20.2 Å². The molecule has 24 heavy (non-hydrogen) atoms. The van der Waals surface area contributed by atoms with Gasteiger partial charge in [-0.05, 0) is 24.6 Å². The summed E-state index contributed by atoms with van der Waals surface area (Å²) in [6.07, 6.45) is 0. The Morgan fingerprint density at radius 3 is 2.38 bits per heavy atom. The third-order valence-corrected chi connectivity index (χ3v) is 5.20. The lowest BCUT2D eigenvalue weighted by molar-refractivity contribution is 0.0992. The molecule has 1 aromatic heterocycles. The third kappa shape index (κ3) is 3.57. The van der Waals surface area contributed by atoms with Gasteiger partial charge in [0.05, 0.1) is 5.25 Å². The van der Waals surface area contributed by atoms with E-state index in [1.54, 1.807) is 19.1 Å². The van der Waals surface area contributed by atoms with Crippen LogP contribution in [0, 0.1) is 0 Å². The quantitative estimate of drug-likeness (QED) is 0.814. The lowest BCUT2D eigenvalue weighted by Crippen LogP contribution is -2.42. The van der Waals surface area contributed by atoms with Crippen LogP contribution in [0.5, 0.6) is 0 Å². The number of nitrogen functional groups attached to an aromatic ring is 1. The van der Waals surface area contributed by atoms with Crippen LogP contribution >= 0.6 is 23.4 Å². The van der Waals surface area contributed by atoms with Crippen LogP contribution in [0.1, 0.15) is 22.8 Å². The van der Waals surface area contributed by atoms with Crippen molar-refractivity contribution in [2.45, 2.75) is 17.9 Å². The largest absolute Gasteiger partial charge is 0.384 e. The van der Waals surface area contributed by atoms with Crippen LogP contribution in [0.15, 0.2) is 33.9 Å². The number of aromatic nitrogens is 2. The van der Waals surface area contributed by atoms with Crippen LogP contribution in [0.4, 0.5) is 5.82 Å². The van der Waals surface area contributed by atoms with Crippen molar-refractivity contribution in [2.75, 3.05) is 5.73 Å². The fourth-order valence-electron chi connectivity index (χ4n) is 2.17. The Labute approximate surface area is 148 Å². The molecule has 1 atom stereocenters. The van der Waals surface area contributed by atoms with Gasteiger partial charge in [-0.25, -0.2) is 4.79 Å². The zero-order valence-corrected chi connectivity index (χ0v) is 15.1. The van der Waals surface area contributed by atoms with E-state index >= 15 is 0 Å². The molecule has 2 rings (SSSR count). The SMILES string of the molecule is CC(SCc1ccc(Cl)cc1)C(=O)c1c(N)n(C)c(=O)n(C)c1=O. The number of rotatable bonds is 5. The van der Waals surface area contributed by atoms with E-state index in [1.807, 2.05) is 12.1 Å². The number of anilines is 1. The van der Waals surface area contributed by atoms with Gasteiger partial charge in [-0.1, -0.05) is 23.7 Å². The van der Waals surface area contributed by atoms with E-state index in [-0.39, 0.29) is 17.2 Å². The predicted octanol–water partition coefficient (Wildman–Crippen LogP) is 1.82. The van der Waals surface area contributed by atoms with Crippen molar-refractivity contribution >= 4 is 35.0 Å². The number of Topliss-reactive ketones (excluding diaryl/α,β-unsaturated/α-hetero) is 1. The molecule has 0 radical (unpaired) electrons. The number of nitrogens with zero attached hydrogens (tertiary/aromatic N) is 2. The maximum Gasteiger partial charge on any atom is 0.332 e.